The highest BCUT2D eigenvalue weighted by atomic mass is 32.2. The highest BCUT2D eigenvalue weighted by molar-refractivity contribution is 7.89. The summed E-state index contributed by atoms with van der Waals surface area (Å²) >= 11 is 0. The lowest BCUT2D eigenvalue weighted by Gasteiger charge is -2.09. The monoisotopic (exact) mass is 255 g/mol. The number of aliphatic hydroxyl groups excluding tert-OH is 1. The largest absolute Gasteiger partial charge is 0.396 e. The van der Waals surface area contributed by atoms with Crippen LogP contribution in [0.2, 0.25) is 0 Å². The second kappa shape index (κ2) is 5.72. The van der Waals surface area contributed by atoms with Crippen LogP contribution in [0, 0.1) is 17.2 Å². The van der Waals surface area contributed by atoms with Crippen molar-refractivity contribution in [2.45, 2.75) is 11.8 Å². The van der Waals surface area contributed by atoms with Gasteiger partial charge in [0.1, 0.15) is 16.7 Å². The van der Waals surface area contributed by atoms with Gasteiger partial charge in [0.25, 0.3) is 0 Å². The molecule has 0 radical (unpaired) electrons. The number of nitriles is 1. The Balaban J connectivity index is 2.79. The molecular formula is C10H13N3O3S. The number of nitrogens with one attached hydrogen (secondary N) is 1. The van der Waals surface area contributed by atoms with Gasteiger partial charge in [-0.15, -0.1) is 0 Å². The summed E-state index contributed by atoms with van der Waals surface area (Å²) in [7, 11) is -3.62. The molecule has 2 N–H and O–H groups in total. The fourth-order valence-electron chi connectivity index (χ4n) is 1.01. The van der Waals surface area contributed by atoms with Crippen molar-refractivity contribution < 1.29 is 13.5 Å². The van der Waals surface area contributed by atoms with Crippen LogP contribution in [0.3, 0.4) is 0 Å². The zero-order valence-electron chi connectivity index (χ0n) is 9.29. The molecule has 0 amide bonds. The van der Waals surface area contributed by atoms with Crippen LogP contribution in [0.5, 0.6) is 0 Å². The molecule has 1 heterocycles. The van der Waals surface area contributed by atoms with Gasteiger partial charge in [0, 0.05) is 19.3 Å². The Hall–Kier alpha value is -1.49. The fourth-order valence-corrected chi connectivity index (χ4v) is 2.11. The van der Waals surface area contributed by atoms with Crippen LogP contribution < -0.4 is 4.72 Å². The van der Waals surface area contributed by atoms with Crippen molar-refractivity contribution in [3.63, 3.8) is 0 Å². The Morgan fingerprint density at radius 2 is 2.29 bits per heavy atom. The van der Waals surface area contributed by atoms with Crippen molar-refractivity contribution in [1.82, 2.24) is 9.71 Å². The third kappa shape index (κ3) is 3.78. The van der Waals surface area contributed by atoms with E-state index in [1.54, 1.807) is 13.0 Å². The fraction of sp³-hybridized carbons (Fsp3) is 0.400. The summed E-state index contributed by atoms with van der Waals surface area (Å²) in [4.78, 5) is 3.68. The Kier molecular flexibility index (Phi) is 4.57. The van der Waals surface area contributed by atoms with E-state index in [4.69, 9.17) is 10.4 Å². The molecule has 0 aliphatic heterocycles. The predicted molar refractivity (Wildman–Crippen MR) is 60.4 cm³/mol. The van der Waals surface area contributed by atoms with Crippen LogP contribution in [-0.2, 0) is 10.0 Å². The lowest BCUT2D eigenvalue weighted by atomic mass is 10.2. The smallest absolute Gasteiger partial charge is 0.242 e. The topological polar surface area (TPSA) is 103 Å². The van der Waals surface area contributed by atoms with Crippen LogP contribution >= 0.6 is 0 Å². The average molecular weight is 255 g/mol. The predicted octanol–water partition coefficient (Wildman–Crippen LogP) is -0.140. The van der Waals surface area contributed by atoms with Crippen LogP contribution in [0.4, 0.5) is 0 Å². The summed E-state index contributed by atoms with van der Waals surface area (Å²) in [5.74, 6) is -0.156. The van der Waals surface area contributed by atoms with Crippen molar-refractivity contribution in [3.8, 4) is 6.07 Å². The number of rotatable bonds is 5. The minimum atomic E-state index is -3.62. The number of hydrogen-bond donors (Lipinski definition) is 2. The van der Waals surface area contributed by atoms with Gasteiger partial charge in [-0.25, -0.2) is 18.1 Å². The van der Waals surface area contributed by atoms with Crippen molar-refractivity contribution in [2.24, 2.45) is 5.92 Å². The van der Waals surface area contributed by atoms with Crippen molar-refractivity contribution in [3.05, 3.63) is 24.0 Å². The molecule has 6 nitrogen and oxygen atoms in total. The summed E-state index contributed by atoms with van der Waals surface area (Å²) in [5, 5.41) is 17.3. The van der Waals surface area contributed by atoms with Gasteiger partial charge in [-0.3, -0.25) is 0 Å². The maximum Gasteiger partial charge on any atom is 0.242 e. The minimum Gasteiger partial charge on any atom is -0.396 e. The molecule has 0 saturated heterocycles. The molecule has 7 heteroatoms. The van der Waals surface area contributed by atoms with Gasteiger partial charge >= 0.3 is 0 Å². The van der Waals surface area contributed by atoms with Crippen molar-refractivity contribution >= 4 is 10.0 Å². The van der Waals surface area contributed by atoms with Crippen molar-refractivity contribution in [1.29, 1.82) is 5.26 Å². The molecule has 92 valence electrons. The van der Waals surface area contributed by atoms with E-state index in [2.05, 4.69) is 9.71 Å². The standard InChI is InChI=1S/C10H13N3O3S/c1-8(7-14)5-13-17(15,16)10-3-2-9(4-11)12-6-10/h2-3,6,8,13-14H,5,7H2,1H3. The third-order valence-corrected chi connectivity index (χ3v) is 3.50. The average Bonchev–Trinajstić information content (AvgIpc) is 2.36. The zero-order chi connectivity index (χ0) is 12.9. The van der Waals surface area contributed by atoms with Gasteiger partial charge in [-0.05, 0) is 18.1 Å². The van der Waals surface area contributed by atoms with E-state index in [1.807, 2.05) is 0 Å². The summed E-state index contributed by atoms with van der Waals surface area (Å²) < 4.78 is 25.8. The van der Waals surface area contributed by atoms with Gasteiger partial charge in [0.15, 0.2) is 0 Å². The molecule has 0 bridgehead atoms. The van der Waals surface area contributed by atoms with E-state index < -0.39 is 10.0 Å². The molecule has 0 aromatic carbocycles. The van der Waals surface area contributed by atoms with E-state index >= 15 is 0 Å². The van der Waals surface area contributed by atoms with E-state index in [1.165, 1.54) is 12.1 Å². The summed E-state index contributed by atoms with van der Waals surface area (Å²) in [6, 6.07) is 4.46. The Bertz CT molecular complexity index is 505. The number of nitrogens with zero attached hydrogens (tertiary/aromatic N) is 2. The molecule has 1 rings (SSSR count). The Morgan fingerprint density at radius 1 is 1.59 bits per heavy atom. The molecule has 0 aliphatic rings. The van der Waals surface area contributed by atoms with Gasteiger partial charge in [0.2, 0.25) is 10.0 Å². The first-order chi connectivity index (χ1) is 7.99. The van der Waals surface area contributed by atoms with Gasteiger partial charge in [-0.2, -0.15) is 5.26 Å². The number of hydrogen-bond acceptors (Lipinski definition) is 5. The molecule has 1 atom stereocenters. The third-order valence-electron chi connectivity index (χ3n) is 2.09. The Morgan fingerprint density at radius 3 is 2.76 bits per heavy atom. The second-order valence-corrected chi connectivity index (χ2v) is 5.40. The van der Waals surface area contributed by atoms with Crippen LogP contribution in [-0.4, -0.2) is 31.7 Å². The maximum absolute atomic E-state index is 11.7. The first kappa shape index (κ1) is 13.6. The number of pyridine rings is 1. The molecule has 1 unspecified atom stereocenters. The maximum atomic E-state index is 11.7. The van der Waals surface area contributed by atoms with Gasteiger partial charge in [-0.1, -0.05) is 6.92 Å². The van der Waals surface area contributed by atoms with E-state index in [0.29, 0.717) is 0 Å². The summed E-state index contributed by atoms with van der Waals surface area (Å²) in [6.07, 6.45) is 1.13. The van der Waals surface area contributed by atoms with Crippen LogP contribution in [0.1, 0.15) is 12.6 Å². The molecule has 0 aliphatic carbocycles. The van der Waals surface area contributed by atoms with Crippen LogP contribution in [0.15, 0.2) is 23.2 Å². The lowest BCUT2D eigenvalue weighted by molar-refractivity contribution is 0.238. The molecule has 1 aromatic heterocycles. The molecule has 17 heavy (non-hydrogen) atoms. The Labute approximate surface area is 100.0 Å². The highest BCUT2D eigenvalue weighted by Gasteiger charge is 2.15. The van der Waals surface area contributed by atoms with E-state index in [9.17, 15) is 8.42 Å². The molecule has 0 saturated carbocycles. The summed E-state index contributed by atoms with van der Waals surface area (Å²) in [5.41, 5.74) is 0.160. The van der Waals surface area contributed by atoms with Crippen LogP contribution in [0.25, 0.3) is 0 Å². The molecular weight excluding hydrogens is 242 g/mol. The number of aromatic nitrogens is 1. The highest BCUT2D eigenvalue weighted by Crippen LogP contribution is 2.07. The quantitative estimate of drug-likeness (QED) is 0.762. The van der Waals surface area contributed by atoms with E-state index in [-0.39, 0.29) is 29.7 Å². The zero-order valence-corrected chi connectivity index (χ0v) is 10.1. The van der Waals surface area contributed by atoms with Gasteiger partial charge in [0.05, 0.1) is 0 Å². The lowest BCUT2D eigenvalue weighted by Crippen LogP contribution is -2.29. The SMILES string of the molecule is CC(CO)CNS(=O)(=O)c1ccc(C#N)nc1. The molecule has 0 fully saturated rings. The molecule has 0 spiro atoms. The molecule has 1 aromatic rings. The first-order valence-electron chi connectivity index (χ1n) is 4.96. The summed E-state index contributed by atoms with van der Waals surface area (Å²) in [6.45, 7) is 1.78. The number of sulfonamides is 1. The second-order valence-electron chi connectivity index (χ2n) is 3.63. The van der Waals surface area contributed by atoms with Crippen molar-refractivity contribution in [2.75, 3.05) is 13.2 Å². The van der Waals surface area contributed by atoms with E-state index in [0.717, 1.165) is 6.20 Å². The van der Waals surface area contributed by atoms with Gasteiger partial charge < -0.3 is 5.11 Å². The normalized spacial score (nSPS) is 13.0. The first-order valence-corrected chi connectivity index (χ1v) is 6.44. The minimum absolute atomic E-state index is 0.00152. The number of aliphatic hydroxyl groups is 1.